The van der Waals surface area contributed by atoms with Crippen LogP contribution in [0.4, 0.5) is 0 Å². The summed E-state index contributed by atoms with van der Waals surface area (Å²) < 4.78 is 5.39. The molecule has 1 heterocycles. The lowest BCUT2D eigenvalue weighted by molar-refractivity contribution is -0.163. The first-order valence-electron chi connectivity index (χ1n) is 7.37. The van der Waals surface area contributed by atoms with Gasteiger partial charge in [0.1, 0.15) is 11.6 Å². The lowest BCUT2D eigenvalue weighted by Crippen LogP contribution is -2.43. The molecule has 0 spiro atoms. The van der Waals surface area contributed by atoms with E-state index in [9.17, 15) is 9.59 Å². The minimum Gasteiger partial charge on any atom is -0.458 e. The molecule has 4 nitrogen and oxygen atoms in total. The second-order valence-corrected chi connectivity index (χ2v) is 6.24. The van der Waals surface area contributed by atoms with Gasteiger partial charge in [-0.05, 0) is 40.0 Å². The van der Waals surface area contributed by atoms with Crippen molar-refractivity contribution in [2.75, 3.05) is 6.54 Å². The molecule has 0 unspecified atom stereocenters. The van der Waals surface area contributed by atoms with E-state index in [1.807, 2.05) is 20.8 Å². The van der Waals surface area contributed by atoms with E-state index in [0.717, 1.165) is 32.1 Å². The Balaban J connectivity index is 2.53. The Bertz CT molecular complexity index is 320. The van der Waals surface area contributed by atoms with E-state index in [2.05, 4.69) is 6.92 Å². The molecule has 1 aliphatic heterocycles. The average molecular weight is 269 g/mol. The molecule has 1 saturated heterocycles. The summed E-state index contributed by atoms with van der Waals surface area (Å²) in [4.78, 5) is 25.9. The van der Waals surface area contributed by atoms with Crippen molar-refractivity contribution < 1.29 is 14.3 Å². The van der Waals surface area contributed by atoms with Gasteiger partial charge in [0.15, 0.2) is 0 Å². The Labute approximate surface area is 116 Å². The molecule has 0 aromatic heterocycles. The van der Waals surface area contributed by atoms with Crippen molar-refractivity contribution in [3.63, 3.8) is 0 Å². The normalized spacial score (nSPS) is 19.6. The van der Waals surface area contributed by atoms with Crippen LogP contribution >= 0.6 is 0 Å². The van der Waals surface area contributed by atoms with Crippen LogP contribution in [0.5, 0.6) is 0 Å². The van der Waals surface area contributed by atoms with Crippen LogP contribution in [0.3, 0.4) is 0 Å². The van der Waals surface area contributed by atoms with Crippen molar-refractivity contribution in [2.45, 2.75) is 77.9 Å². The van der Waals surface area contributed by atoms with Crippen molar-refractivity contribution in [2.24, 2.45) is 0 Å². The molecule has 1 amide bonds. The standard InChI is InChI=1S/C15H27NO3/c1-5-6-7-10-13(17)16-11-8-9-12(16)14(18)19-15(2,3)4/h12H,5-11H2,1-4H3/t12-/m0/s1. The van der Waals surface area contributed by atoms with Crippen LogP contribution in [-0.4, -0.2) is 35.0 Å². The summed E-state index contributed by atoms with van der Waals surface area (Å²) in [6.45, 7) is 8.37. The van der Waals surface area contributed by atoms with Crippen LogP contribution in [0.25, 0.3) is 0 Å². The smallest absolute Gasteiger partial charge is 0.329 e. The highest BCUT2D eigenvalue weighted by Crippen LogP contribution is 2.22. The van der Waals surface area contributed by atoms with E-state index in [-0.39, 0.29) is 17.9 Å². The monoisotopic (exact) mass is 269 g/mol. The number of unbranched alkanes of at least 4 members (excludes halogenated alkanes) is 2. The zero-order valence-electron chi connectivity index (χ0n) is 12.7. The molecular weight excluding hydrogens is 242 g/mol. The van der Waals surface area contributed by atoms with E-state index < -0.39 is 5.60 Å². The molecule has 0 aliphatic carbocycles. The first-order chi connectivity index (χ1) is 8.85. The molecule has 0 N–H and O–H groups in total. The molecule has 0 aromatic rings. The molecule has 110 valence electrons. The molecule has 0 aromatic carbocycles. The lowest BCUT2D eigenvalue weighted by Gasteiger charge is -2.27. The van der Waals surface area contributed by atoms with Crippen molar-refractivity contribution in [3.05, 3.63) is 0 Å². The third-order valence-electron chi connectivity index (χ3n) is 3.25. The summed E-state index contributed by atoms with van der Waals surface area (Å²) in [5.74, 6) is -0.157. The summed E-state index contributed by atoms with van der Waals surface area (Å²) in [7, 11) is 0. The van der Waals surface area contributed by atoms with Gasteiger partial charge in [0.25, 0.3) is 0 Å². The predicted molar refractivity (Wildman–Crippen MR) is 74.7 cm³/mol. The SMILES string of the molecule is CCCCCC(=O)N1CCC[C@H]1C(=O)OC(C)(C)C. The highest BCUT2D eigenvalue weighted by Gasteiger charge is 2.36. The molecule has 0 bridgehead atoms. The molecule has 1 fully saturated rings. The first-order valence-corrected chi connectivity index (χ1v) is 7.37. The largest absolute Gasteiger partial charge is 0.458 e. The Morgan fingerprint density at radius 1 is 1.26 bits per heavy atom. The summed E-state index contributed by atoms with van der Waals surface area (Å²) in [6, 6.07) is -0.367. The number of rotatable bonds is 5. The van der Waals surface area contributed by atoms with Gasteiger partial charge in [-0.15, -0.1) is 0 Å². The van der Waals surface area contributed by atoms with Crippen molar-refractivity contribution in [3.8, 4) is 0 Å². The number of nitrogens with zero attached hydrogens (tertiary/aromatic N) is 1. The quantitative estimate of drug-likeness (QED) is 0.569. The van der Waals surface area contributed by atoms with E-state index in [1.165, 1.54) is 0 Å². The fourth-order valence-electron chi connectivity index (χ4n) is 2.35. The molecule has 1 rings (SSSR count). The number of amides is 1. The highest BCUT2D eigenvalue weighted by atomic mass is 16.6. The topological polar surface area (TPSA) is 46.6 Å². The zero-order chi connectivity index (χ0) is 14.5. The van der Waals surface area contributed by atoms with Gasteiger partial charge < -0.3 is 9.64 Å². The lowest BCUT2D eigenvalue weighted by atomic mass is 10.1. The number of hydrogen-bond donors (Lipinski definition) is 0. The van der Waals surface area contributed by atoms with Crippen LogP contribution in [0.15, 0.2) is 0 Å². The van der Waals surface area contributed by atoms with Crippen LogP contribution in [-0.2, 0) is 14.3 Å². The third-order valence-corrected chi connectivity index (χ3v) is 3.25. The Morgan fingerprint density at radius 2 is 1.95 bits per heavy atom. The Morgan fingerprint density at radius 3 is 2.53 bits per heavy atom. The van der Waals surface area contributed by atoms with E-state index in [4.69, 9.17) is 4.74 Å². The third kappa shape index (κ3) is 5.21. The minimum absolute atomic E-state index is 0.0989. The number of likely N-dealkylation sites (tertiary alicyclic amines) is 1. The van der Waals surface area contributed by atoms with Gasteiger partial charge in [-0.1, -0.05) is 19.8 Å². The summed E-state index contributed by atoms with van der Waals surface area (Å²) in [6.07, 6.45) is 5.25. The fraction of sp³-hybridized carbons (Fsp3) is 0.867. The summed E-state index contributed by atoms with van der Waals surface area (Å²) in [5.41, 5.74) is -0.489. The molecule has 4 heteroatoms. The van der Waals surface area contributed by atoms with E-state index >= 15 is 0 Å². The van der Waals surface area contributed by atoms with Crippen molar-refractivity contribution in [1.29, 1.82) is 0 Å². The molecule has 1 atom stereocenters. The number of carbonyl (C=O) groups is 2. The molecule has 1 aliphatic rings. The molecule has 0 saturated carbocycles. The average Bonchev–Trinajstić information content (AvgIpc) is 2.75. The molecule has 19 heavy (non-hydrogen) atoms. The maximum absolute atomic E-state index is 12.1. The van der Waals surface area contributed by atoms with Crippen molar-refractivity contribution in [1.82, 2.24) is 4.90 Å². The fourth-order valence-corrected chi connectivity index (χ4v) is 2.35. The van der Waals surface area contributed by atoms with Crippen molar-refractivity contribution >= 4 is 11.9 Å². The van der Waals surface area contributed by atoms with Gasteiger partial charge >= 0.3 is 5.97 Å². The van der Waals surface area contributed by atoms with Crippen LogP contribution in [0.1, 0.15) is 66.2 Å². The van der Waals surface area contributed by atoms with Gasteiger partial charge in [-0.25, -0.2) is 4.79 Å². The minimum atomic E-state index is -0.489. The summed E-state index contributed by atoms with van der Waals surface area (Å²) >= 11 is 0. The number of ether oxygens (including phenoxy) is 1. The number of hydrogen-bond acceptors (Lipinski definition) is 3. The second kappa shape index (κ2) is 6.92. The molecular formula is C15H27NO3. The van der Waals surface area contributed by atoms with E-state index in [0.29, 0.717) is 13.0 Å². The predicted octanol–water partition coefficient (Wildman–Crippen LogP) is 2.90. The van der Waals surface area contributed by atoms with Crippen LogP contribution in [0, 0.1) is 0 Å². The first kappa shape index (κ1) is 16.0. The van der Waals surface area contributed by atoms with Crippen LogP contribution < -0.4 is 0 Å². The van der Waals surface area contributed by atoms with Gasteiger partial charge in [-0.3, -0.25) is 4.79 Å². The van der Waals surface area contributed by atoms with Gasteiger partial charge in [0.05, 0.1) is 0 Å². The van der Waals surface area contributed by atoms with E-state index in [1.54, 1.807) is 4.90 Å². The number of esters is 1. The number of carbonyl (C=O) groups excluding carboxylic acids is 2. The van der Waals surface area contributed by atoms with Gasteiger partial charge in [0, 0.05) is 13.0 Å². The molecule has 0 radical (unpaired) electrons. The maximum atomic E-state index is 12.1. The Hall–Kier alpha value is -1.06. The van der Waals surface area contributed by atoms with Gasteiger partial charge in [0.2, 0.25) is 5.91 Å². The Kier molecular flexibility index (Phi) is 5.83. The zero-order valence-corrected chi connectivity index (χ0v) is 12.7. The maximum Gasteiger partial charge on any atom is 0.329 e. The summed E-state index contributed by atoms with van der Waals surface area (Å²) in [5, 5.41) is 0. The second-order valence-electron chi connectivity index (χ2n) is 6.24. The van der Waals surface area contributed by atoms with Crippen LogP contribution in [0.2, 0.25) is 0 Å². The van der Waals surface area contributed by atoms with Gasteiger partial charge in [-0.2, -0.15) is 0 Å². The highest BCUT2D eigenvalue weighted by molar-refractivity contribution is 5.85.